The van der Waals surface area contributed by atoms with Gasteiger partial charge in [-0.3, -0.25) is 18.7 Å². The summed E-state index contributed by atoms with van der Waals surface area (Å²) in [5, 5.41) is 0. The van der Waals surface area contributed by atoms with E-state index >= 15 is 0 Å². The lowest BCUT2D eigenvalue weighted by Crippen LogP contribution is -2.43. The fourth-order valence-corrected chi connectivity index (χ4v) is 2.65. The zero-order valence-electron chi connectivity index (χ0n) is 16.5. The Bertz CT molecular complexity index is 1060. The first-order valence-electron chi connectivity index (χ1n) is 8.91. The van der Waals surface area contributed by atoms with Crippen molar-refractivity contribution in [2.45, 2.75) is 19.9 Å². The molecule has 0 aliphatic carbocycles. The summed E-state index contributed by atoms with van der Waals surface area (Å²) >= 11 is 0. The van der Waals surface area contributed by atoms with Gasteiger partial charge >= 0.3 is 11.7 Å². The highest BCUT2D eigenvalue weighted by molar-refractivity contribution is 6.01. The molecule has 29 heavy (non-hydrogen) atoms. The van der Waals surface area contributed by atoms with Gasteiger partial charge in [0.15, 0.2) is 6.61 Å². The van der Waals surface area contributed by atoms with Crippen LogP contribution in [0.2, 0.25) is 0 Å². The molecule has 154 valence electrons. The molecule has 0 unspecified atom stereocenters. The quantitative estimate of drug-likeness (QED) is 0.397. The van der Waals surface area contributed by atoms with Crippen molar-refractivity contribution in [1.29, 1.82) is 0 Å². The fourth-order valence-electron chi connectivity index (χ4n) is 2.65. The van der Waals surface area contributed by atoms with Gasteiger partial charge in [-0.1, -0.05) is 19.1 Å². The van der Waals surface area contributed by atoms with E-state index < -0.39 is 29.6 Å². The lowest BCUT2D eigenvalue weighted by molar-refractivity contribution is -0.136. The van der Waals surface area contributed by atoms with Crippen molar-refractivity contribution in [1.82, 2.24) is 9.13 Å². The van der Waals surface area contributed by atoms with Crippen LogP contribution in [0.3, 0.4) is 0 Å². The van der Waals surface area contributed by atoms with Gasteiger partial charge in [0.1, 0.15) is 17.1 Å². The minimum Gasteiger partial charge on any atom is -0.497 e. The Labute approximate surface area is 167 Å². The number of anilines is 1. The first-order valence-corrected chi connectivity index (χ1v) is 8.91. The van der Waals surface area contributed by atoms with E-state index in [-0.39, 0.29) is 17.9 Å². The van der Waals surface area contributed by atoms with Crippen LogP contribution in [0.4, 0.5) is 5.82 Å². The number of nitrogens with zero attached hydrogens (tertiary/aromatic N) is 2. The average molecular weight is 401 g/mol. The maximum absolute atomic E-state index is 12.4. The van der Waals surface area contributed by atoms with Gasteiger partial charge in [0.25, 0.3) is 5.56 Å². The molecule has 0 bridgehead atoms. The van der Waals surface area contributed by atoms with Gasteiger partial charge in [-0.15, -0.1) is 0 Å². The highest BCUT2D eigenvalue weighted by Crippen LogP contribution is 2.13. The van der Waals surface area contributed by atoms with Crippen LogP contribution in [0, 0.1) is 0 Å². The van der Waals surface area contributed by atoms with Crippen molar-refractivity contribution in [3.63, 3.8) is 0 Å². The molecule has 0 spiro atoms. The molecular formula is C20H23N3O6. The second-order valence-electron chi connectivity index (χ2n) is 6.20. The minimum atomic E-state index is -0.826. The summed E-state index contributed by atoms with van der Waals surface area (Å²) < 4.78 is 12.0. The van der Waals surface area contributed by atoms with Gasteiger partial charge in [-0.25, -0.2) is 9.59 Å². The van der Waals surface area contributed by atoms with Crippen LogP contribution in [0.25, 0.3) is 6.08 Å². The third-order valence-electron chi connectivity index (χ3n) is 4.16. The molecule has 9 heteroatoms. The summed E-state index contributed by atoms with van der Waals surface area (Å²) in [6, 6.07) is 7.00. The summed E-state index contributed by atoms with van der Waals surface area (Å²) in [5.74, 6) is -1.15. The smallest absolute Gasteiger partial charge is 0.332 e. The van der Waals surface area contributed by atoms with Gasteiger partial charge in [-0.05, 0) is 30.2 Å². The minimum absolute atomic E-state index is 0.229. The van der Waals surface area contributed by atoms with E-state index in [1.54, 1.807) is 24.3 Å². The third kappa shape index (κ3) is 5.01. The molecule has 0 aliphatic rings. The Morgan fingerprint density at radius 3 is 2.62 bits per heavy atom. The predicted molar refractivity (Wildman–Crippen MR) is 108 cm³/mol. The van der Waals surface area contributed by atoms with Crippen molar-refractivity contribution in [3.05, 3.63) is 62.3 Å². The molecule has 2 aromatic rings. The first kappa shape index (κ1) is 21.7. The average Bonchev–Trinajstić information content (AvgIpc) is 2.72. The van der Waals surface area contributed by atoms with Crippen LogP contribution >= 0.6 is 0 Å². The summed E-state index contributed by atoms with van der Waals surface area (Å²) in [4.78, 5) is 48.8. The summed E-state index contributed by atoms with van der Waals surface area (Å²) in [6.07, 6.45) is 3.24. The molecule has 1 aromatic heterocycles. The van der Waals surface area contributed by atoms with E-state index in [0.717, 1.165) is 15.2 Å². The molecular weight excluding hydrogens is 378 g/mol. The summed E-state index contributed by atoms with van der Waals surface area (Å²) in [6.45, 7) is 1.40. The first-order chi connectivity index (χ1) is 13.8. The predicted octanol–water partition coefficient (Wildman–Crippen LogP) is 0.987. The number of ether oxygens (including phenoxy) is 2. The van der Waals surface area contributed by atoms with E-state index in [9.17, 15) is 19.2 Å². The molecule has 0 saturated heterocycles. The number of aromatic nitrogens is 2. The number of hydrogen-bond acceptors (Lipinski definition) is 7. The van der Waals surface area contributed by atoms with E-state index in [0.29, 0.717) is 17.7 Å². The van der Waals surface area contributed by atoms with Crippen molar-refractivity contribution < 1.29 is 19.1 Å². The van der Waals surface area contributed by atoms with Gasteiger partial charge in [0, 0.05) is 19.7 Å². The molecule has 2 rings (SSSR count). The molecule has 0 radical (unpaired) electrons. The highest BCUT2D eigenvalue weighted by Gasteiger charge is 2.22. The lowest BCUT2D eigenvalue weighted by atomic mass is 10.2. The standard InChI is InChI=1S/C20H23N3O6/c1-4-10-23-18(21)17(19(26)22(2)20(23)27)15(24)12-29-16(25)9-8-13-6-5-7-14(11-13)28-3/h5-9,11H,4,10,12,21H2,1-3H3/b9-8+. The molecule has 0 atom stereocenters. The second-order valence-corrected chi connectivity index (χ2v) is 6.20. The molecule has 0 fully saturated rings. The van der Waals surface area contributed by atoms with E-state index in [1.807, 2.05) is 6.92 Å². The number of methoxy groups -OCH3 is 1. The zero-order chi connectivity index (χ0) is 21.6. The third-order valence-corrected chi connectivity index (χ3v) is 4.16. The maximum Gasteiger partial charge on any atom is 0.332 e. The Morgan fingerprint density at radius 2 is 1.97 bits per heavy atom. The summed E-state index contributed by atoms with van der Waals surface area (Å²) in [5.41, 5.74) is 4.77. The van der Waals surface area contributed by atoms with Crippen LogP contribution in [-0.2, 0) is 23.1 Å². The molecule has 0 amide bonds. The van der Waals surface area contributed by atoms with Crippen molar-refractivity contribution in [3.8, 4) is 5.75 Å². The Hall–Kier alpha value is -3.62. The molecule has 0 aliphatic heterocycles. The number of benzene rings is 1. The van der Waals surface area contributed by atoms with Crippen LogP contribution in [0.15, 0.2) is 39.9 Å². The van der Waals surface area contributed by atoms with Crippen molar-refractivity contribution in [2.75, 3.05) is 19.5 Å². The number of carbonyl (C=O) groups is 2. The number of nitrogens with two attached hydrogens (primary N) is 1. The largest absolute Gasteiger partial charge is 0.497 e. The number of nitrogen functional groups attached to an aromatic ring is 1. The van der Waals surface area contributed by atoms with E-state index in [1.165, 1.54) is 20.2 Å². The van der Waals surface area contributed by atoms with Crippen LogP contribution in [0.5, 0.6) is 5.75 Å². The fraction of sp³-hybridized carbons (Fsp3) is 0.300. The Kier molecular flexibility index (Phi) is 7.13. The van der Waals surface area contributed by atoms with Crippen molar-refractivity contribution >= 4 is 23.6 Å². The summed E-state index contributed by atoms with van der Waals surface area (Å²) in [7, 11) is 2.79. The molecule has 2 N–H and O–H groups in total. The molecule has 1 aromatic carbocycles. The highest BCUT2D eigenvalue weighted by atomic mass is 16.5. The molecule has 1 heterocycles. The number of carbonyl (C=O) groups excluding carboxylic acids is 2. The topological polar surface area (TPSA) is 123 Å². The SMILES string of the molecule is CCCn1c(N)c(C(=O)COC(=O)/C=C/c2cccc(OC)c2)c(=O)n(C)c1=O. The number of Topliss-reactive ketones (excluding diaryl/α,β-unsaturated/α-hetero) is 1. The van der Waals surface area contributed by atoms with Gasteiger partial charge in [-0.2, -0.15) is 0 Å². The van der Waals surface area contributed by atoms with E-state index in [4.69, 9.17) is 15.2 Å². The van der Waals surface area contributed by atoms with E-state index in [2.05, 4.69) is 0 Å². The number of rotatable bonds is 8. The Morgan fingerprint density at radius 1 is 1.24 bits per heavy atom. The van der Waals surface area contributed by atoms with Gasteiger partial charge in [0.05, 0.1) is 7.11 Å². The normalized spacial score (nSPS) is 10.9. The van der Waals surface area contributed by atoms with Gasteiger partial charge in [0.2, 0.25) is 5.78 Å². The zero-order valence-corrected chi connectivity index (χ0v) is 16.5. The lowest BCUT2D eigenvalue weighted by Gasteiger charge is -2.13. The number of hydrogen-bond donors (Lipinski definition) is 1. The molecule has 9 nitrogen and oxygen atoms in total. The number of ketones is 1. The van der Waals surface area contributed by atoms with Gasteiger partial charge < -0.3 is 15.2 Å². The monoisotopic (exact) mass is 401 g/mol. The van der Waals surface area contributed by atoms with Crippen LogP contribution in [-0.4, -0.2) is 34.6 Å². The molecule has 0 saturated carbocycles. The second kappa shape index (κ2) is 9.54. The Balaban J connectivity index is 2.14. The number of esters is 1. The van der Waals surface area contributed by atoms with Crippen LogP contribution < -0.4 is 21.7 Å². The van der Waals surface area contributed by atoms with Crippen LogP contribution in [0.1, 0.15) is 29.3 Å². The maximum atomic E-state index is 12.4. The van der Waals surface area contributed by atoms with Crippen molar-refractivity contribution in [2.24, 2.45) is 7.05 Å².